The first kappa shape index (κ1) is 14.1. The van der Waals surface area contributed by atoms with Crippen LogP contribution in [0.3, 0.4) is 0 Å². The molecule has 2 rings (SSSR count). The van der Waals surface area contributed by atoms with E-state index in [2.05, 4.69) is 4.98 Å². The average molecular weight is 287 g/mol. The predicted molar refractivity (Wildman–Crippen MR) is 69.8 cm³/mol. The third-order valence-electron chi connectivity index (χ3n) is 2.68. The molecule has 2 aromatic rings. The molecule has 1 aromatic carbocycles. The number of fused-ring (bicyclic) bond motifs is 1. The molecule has 21 heavy (non-hydrogen) atoms. The van der Waals surface area contributed by atoms with Crippen molar-refractivity contribution in [3.05, 3.63) is 29.6 Å². The first-order valence-corrected chi connectivity index (χ1v) is 5.70. The van der Waals surface area contributed by atoms with Crippen molar-refractivity contribution in [3.63, 3.8) is 0 Å². The van der Waals surface area contributed by atoms with E-state index < -0.39 is 29.9 Å². The third-order valence-corrected chi connectivity index (χ3v) is 2.68. The Morgan fingerprint density at radius 2 is 2.00 bits per heavy atom. The van der Waals surface area contributed by atoms with Gasteiger partial charge in [-0.3, -0.25) is 9.59 Å². The fraction of sp³-hybridized carbons (Fsp3) is 0.0769. The molecule has 0 saturated carbocycles. The summed E-state index contributed by atoms with van der Waals surface area (Å²) in [5, 5.41) is 39.4. The van der Waals surface area contributed by atoms with E-state index >= 15 is 0 Å². The van der Waals surface area contributed by atoms with Gasteiger partial charge in [-0.15, -0.1) is 0 Å². The highest BCUT2D eigenvalue weighted by molar-refractivity contribution is 6.03. The summed E-state index contributed by atoms with van der Waals surface area (Å²) in [5.74, 6) is -2.79. The number of phenolic OH excluding ortho intramolecular Hbond substituents is 1. The summed E-state index contributed by atoms with van der Waals surface area (Å²) in [4.78, 5) is 25.9. The van der Waals surface area contributed by atoms with Crippen LogP contribution in [0.4, 0.5) is 0 Å². The number of amides is 1. The number of pyridine rings is 1. The van der Waals surface area contributed by atoms with Crippen LogP contribution in [0, 0.1) is 11.3 Å². The number of carboxylic acids is 1. The van der Waals surface area contributed by atoms with Crippen LogP contribution in [0.2, 0.25) is 0 Å². The molecule has 0 radical (unpaired) electrons. The van der Waals surface area contributed by atoms with E-state index in [1.807, 2.05) is 5.32 Å². The second-order valence-electron chi connectivity index (χ2n) is 4.08. The lowest BCUT2D eigenvalue weighted by Crippen LogP contribution is -2.30. The maximum Gasteiger partial charge on any atom is 0.322 e. The number of phenols is 1. The minimum absolute atomic E-state index is 0.122. The zero-order chi connectivity index (χ0) is 15.6. The molecule has 0 atom stereocenters. The van der Waals surface area contributed by atoms with Crippen LogP contribution in [-0.2, 0) is 4.79 Å². The van der Waals surface area contributed by atoms with Crippen LogP contribution in [0.25, 0.3) is 10.8 Å². The van der Waals surface area contributed by atoms with Gasteiger partial charge in [-0.05, 0) is 18.2 Å². The van der Waals surface area contributed by atoms with Crippen molar-refractivity contribution in [1.29, 1.82) is 5.26 Å². The Bertz CT molecular complexity index is 794. The molecule has 1 aromatic heterocycles. The van der Waals surface area contributed by atoms with Crippen LogP contribution < -0.4 is 5.32 Å². The number of carbonyl (C=O) groups excluding carboxylic acids is 1. The van der Waals surface area contributed by atoms with Gasteiger partial charge in [0.25, 0.3) is 5.91 Å². The number of aliphatic carboxylic acids is 1. The Hall–Kier alpha value is -3.34. The molecule has 1 heterocycles. The quantitative estimate of drug-likeness (QED) is 0.636. The number of nitrogens with zero attached hydrogens (tertiary/aromatic N) is 2. The van der Waals surface area contributed by atoms with Crippen LogP contribution in [-0.4, -0.2) is 38.7 Å². The number of hydrogen-bond donors (Lipinski definition) is 4. The minimum Gasteiger partial charge on any atom is -0.508 e. The highest BCUT2D eigenvalue weighted by atomic mass is 16.4. The third kappa shape index (κ3) is 2.66. The van der Waals surface area contributed by atoms with Gasteiger partial charge in [-0.1, -0.05) is 0 Å². The standard InChI is InChI=1S/C13H9N3O5/c14-4-9-8-3-6(17)1-2-7(8)12(20)11(16-9)13(21)15-5-10(18)19/h1-3,17,20H,5H2,(H,15,21)(H,18,19). The van der Waals surface area contributed by atoms with Gasteiger partial charge in [0.1, 0.15) is 24.1 Å². The van der Waals surface area contributed by atoms with Crippen molar-refractivity contribution < 1.29 is 24.9 Å². The normalized spacial score (nSPS) is 10.0. The SMILES string of the molecule is N#Cc1nc(C(=O)NCC(=O)O)c(O)c2ccc(O)cc12. The van der Waals surface area contributed by atoms with Gasteiger partial charge < -0.3 is 20.6 Å². The molecule has 0 spiro atoms. The number of nitriles is 1. The lowest BCUT2D eigenvalue weighted by atomic mass is 10.1. The smallest absolute Gasteiger partial charge is 0.322 e. The van der Waals surface area contributed by atoms with Crippen LogP contribution in [0.5, 0.6) is 11.5 Å². The Morgan fingerprint density at radius 3 is 2.62 bits per heavy atom. The number of aromatic nitrogens is 1. The number of hydrogen-bond acceptors (Lipinski definition) is 6. The first-order valence-electron chi connectivity index (χ1n) is 5.70. The van der Waals surface area contributed by atoms with E-state index in [9.17, 15) is 19.8 Å². The number of rotatable bonds is 3. The van der Waals surface area contributed by atoms with E-state index in [0.29, 0.717) is 0 Å². The molecule has 0 aliphatic rings. The summed E-state index contributed by atoms with van der Waals surface area (Å²) >= 11 is 0. The number of carboxylic acid groups (broad SMARTS) is 1. The summed E-state index contributed by atoms with van der Waals surface area (Å²) in [5.41, 5.74) is -0.620. The lowest BCUT2D eigenvalue weighted by molar-refractivity contribution is -0.135. The van der Waals surface area contributed by atoms with Gasteiger partial charge in [-0.2, -0.15) is 5.26 Å². The molecule has 0 saturated heterocycles. The minimum atomic E-state index is -1.26. The van der Waals surface area contributed by atoms with Crippen molar-refractivity contribution in [2.45, 2.75) is 0 Å². The Balaban J connectivity index is 2.58. The summed E-state index contributed by atoms with van der Waals surface area (Å²) < 4.78 is 0. The van der Waals surface area contributed by atoms with Gasteiger partial charge in [0.15, 0.2) is 11.4 Å². The summed E-state index contributed by atoms with van der Waals surface area (Å²) in [7, 11) is 0. The average Bonchev–Trinajstić information content (AvgIpc) is 2.45. The maximum atomic E-state index is 11.8. The molecule has 0 aliphatic heterocycles. The summed E-state index contributed by atoms with van der Waals surface area (Å²) in [6.07, 6.45) is 0. The molecule has 8 heteroatoms. The van der Waals surface area contributed by atoms with Crippen LogP contribution in [0.1, 0.15) is 16.2 Å². The van der Waals surface area contributed by atoms with E-state index in [4.69, 9.17) is 10.4 Å². The number of aromatic hydroxyl groups is 2. The van der Waals surface area contributed by atoms with E-state index in [1.165, 1.54) is 18.2 Å². The van der Waals surface area contributed by atoms with Gasteiger partial charge in [0, 0.05) is 10.8 Å². The molecule has 0 aliphatic carbocycles. The lowest BCUT2D eigenvalue weighted by Gasteiger charge is -2.08. The zero-order valence-electron chi connectivity index (χ0n) is 10.5. The molecule has 0 bridgehead atoms. The van der Waals surface area contributed by atoms with Crippen molar-refractivity contribution in [1.82, 2.24) is 10.3 Å². The van der Waals surface area contributed by atoms with Gasteiger partial charge in [-0.25, -0.2) is 4.98 Å². The Kier molecular flexibility index (Phi) is 3.58. The van der Waals surface area contributed by atoms with Crippen LogP contribution in [0.15, 0.2) is 18.2 Å². The summed E-state index contributed by atoms with van der Waals surface area (Å²) in [6.45, 7) is -0.643. The largest absolute Gasteiger partial charge is 0.508 e. The van der Waals surface area contributed by atoms with Gasteiger partial charge in [0.05, 0.1) is 0 Å². The highest BCUT2D eigenvalue weighted by Crippen LogP contribution is 2.31. The molecule has 106 valence electrons. The molecule has 0 fully saturated rings. The number of nitrogens with one attached hydrogen (secondary N) is 1. The summed E-state index contributed by atoms with van der Waals surface area (Å²) in [6, 6.07) is 5.60. The maximum absolute atomic E-state index is 11.8. The topological polar surface area (TPSA) is 144 Å². The van der Waals surface area contributed by atoms with E-state index in [0.717, 1.165) is 0 Å². The van der Waals surface area contributed by atoms with E-state index in [-0.39, 0.29) is 22.2 Å². The molecule has 0 unspecified atom stereocenters. The molecular weight excluding hydrogens is 278 g/mol. The predicted octanol–water partition coefficient (Wildman–Crippen LogP) is 0.332. The monoisotopic (exact) mass is 287 g/mol. The molecular formula is C13H9N3O5. The zero-order valence-corrected chi connectivity index (χ0v) is 10.5. The fourth-order valence-electron chi connectivity index (χ4n) is 1.77. The highest BCUT2D eigenvalue weighted by Gasteiger charge is 2.19. The Labute approximate surface area is 117 Å². The van der Waals surface area contributed by atoms with E-state index in [1.54, 1.807) is 6.07 Å². The number of benzene rings is 1. The second kappa shape index (κ2) is 5.34. The molecule has 1 amide bonds. The van der Waals surface area contributed by atoms with Crippen molar-refractivity contribution in [2.24, 2.45) is 0 Å². The second-order valence-corrected chi connectivity index (χ2v) is 4.08. The van der Waals surface area contributed by atoms with Crippen LogP contribution >= 0.6 is 0 Å². The van der Waals surface area contributed by atoms with Crippen molar-refractivity contribution >= 4 is 22.6 Å². The molecule has 8 nitrogen and oxygen atoms in total. The van der Waals surface area contributed by atoms with Crippen molar-refractivity contribution in [3.8, 4) is 17.6 Å². The fourth-order valence-corrected chi connectivity index (χ4v) is 1.77. The van der Waals surface area contributed by atoms with Crippen molar-refractivity contribution in [2.75, 3.05) is 6.54 Å². The number of carbonyl (C=O) groups is 2. The first-order chi connectivity index (χ1) is 9.93. The molecule has 4 N–H and O–H groups in total. The Morgan fingerprint density at radius 1 is 1.29 bits per heavy atom. The van der Waals surface area contributed by atoms with Gasteiger partial charge in [0.2, 0.25) is 0 Å². The van der Waals surface area contributed by atoms with Gasteiger partial charge >= 0.3 is 5.97 Å².